The number of fused-ring (bicyclic) bond motifs is 1. The molecule has 0 spiro atoms. The van der Waals surface area contributed by atoms with E-state index >= 15 is 0 Å². The third kappa shape index (κ3) is 1.61. The van der Waals surface area contributed by atoms with Crippen molar-refractivity contribution in [1.82, 2.24) is 4.68 Å². The molecule has 3 rings (SSSR count). The highest BCUT2D eigenvalue weighted by atomic mass is 32.1. The van der Waals surface area contributed by atoms with Crippen molar-refractivity contribution in [2.24, 2.45) is 0 Å². The highest BCUT2D eigenvalue weighted by Gasteiger charge is 2.38. The van der Waals surface area contributed by atoms with Gasteiger partial charge >= 0.3 is 0 Å². The molecule has 0 atom stereocenters. The summed E-state index contributed by atoms with van der Waals surface area (Å²) in [4.78, 5) is 13.3. The maximum absolute atomic E-state index is 12.0. The fraction of sp³-hybridized carbons (Fsp3) is 0.286. The Labute approximate surface area is 120 Å². The van der Waals surface area contributed by atoms with Crippen molar-refractivity contribution >= 4 is 22.9 Å². The van der Waals surface area contributed by atoms with E-state index in [-0.39, 0.29) is 5.91 Å². The maximum Gasteiger partial charge on any atom is 0.234 e. The maximum atomic E-state index is 12.0. The minimum Gasteiger partial charge on any atom is -0.337 e. The van der Waals surface area contributed by atoms with Crippen LogP contribution >= 0.6 is 11.3 Å². The molecule has 0 saturated heterocycles. The van der Waals surface area contributed by atoms with Gasteiger partial charge in [0.1, 0.15) is 0 Å². The fourth-order valence-electron chi connectivity index (χ4n) is 2.57. The first-order valence-electron chi connectivity index (χ1n) is 6.31. The Kier molecular flexibility index (Phi) is 2.56. The fourth-order valence-corrected chi connectivity index (χ4v) is 3.37. The van der Waals surface area contributed by atoms with Crippen LogP contribution in [0.25, 0.3) is 11.3 Å². The van der Waals surface area contributed by atoms with Crippen LogP contribution in [0.5, 0.6) is 0 Å². The molecule has 1 aliphatic heterocycles. The topological polar surface area (TPSA) is 83.9 Å². The number of amides is 1. The van der Waals surface area contributed by atoms with Gasteiger partial charge in [0.25, 0.3) is 0 Å². The third-order valence-corrected chi connectivity index (χ3v) is 4.71. The largest absolute Gasteiger partial charge is 0.337 e. The van der Waals surface area contributed by atoms with Gasteiger partial charge in [0.05, 0.1) is 11.1 Å². The lowest BCUT2D eigenvalue weighted by atomic mass is 9.85. The zero-order valence-electron chi connectivity index (χ0n) is 11.6. The second kappa shape index (κ2) is 3.96. The van der Waals surface area contributed by atoms with Gasteiger partial charge in [-0.3, -0.25) is 10.2 Å². The van der Waals surface area contributed by atoms with Crippen LogP contribution in [0.3, 0.4) is 0 Å². The monoisotopic (exact) mass is 288 g/mol. The van der Waals surface area contributed by atoms with Crippen molar-refractivity contribution in [2.45, 2.75) is 26.2 Å². The zero-order chi connectivity index (χ0) is 14.7. The molecule has 2 aromatic rings. The lowest BCUT2D eigenvalue weighted by Gasteiger charge is -2.16. The molecule has 20 heavy (non-hydrogen) atoms. The molecule has 0 saturated carbocycles. The lowest BCUT2D eigenvalue weighted by molar-refractivity contribution is -0.119. The zero-order valence-corrected chi connectivity index (χ0v) is 12.4. The number of aryl methyl sites for hydroxylation is 1. The number of nitrogen functional groups attached to an aromatic ring is 1. The number of thiazole rings is 1. The number of hydrogen-bond donors (Lipinski definition) is 3. The van der Waals surface area contributed by atoms with Crippen LogP contribution in [0, 0.1) is 12.3 Å². The van der Waals surface area contributed by atoms with Crippen LogP contribution in [0.2, 0.25) is 0 Å². The van der Waals surface area contributed by atoms with E-state index in [1.807, 2.05) is 39.0 Å². The van der Waals surface area contributed by atoms with E-state index in [4.69, 9.17) is 11.3 Å². The summed E-state index contributed by atoms with van der Waals surface area (Å²) in [6.07, 6.45) is 0. The summed E-state index contributed by atoms with van der Waals surface area (Å²) in [5.74, 6) is 5.94. The summed E-state index contributed by atoms with van der Waals surface area (Å²) in [6, 6.07) is 5.82. The van der Waals surface area contributed by atoms with Gasteiger partial charge in [-0.1, -0.05) is 6.07 Å². The SMILES string of the molecule is Cc1sc(=N)n(N)c1-c1ccc2c(c1)C(C)(C)C(=O)N2. The highest BCUT2D eigenvalue weighted by molar-refractivity contribution is 7.09. The Morgan fingerprint density at radius 2 is 2.10 bits per heavy atom. The average molecular weight is 288 g/mol. The molecule has 5 nitrogen and oxygen atoms in total. The first kappa shape index (κ1) is 12.9. The predicted octanol–water partition coefficient (Wildman–Crippen LogP) is 1.95. The first-order valence-corrected chi connectivity index (χ1v) is 7.12. The van der Waals surface area contributed by atoms with Gasteiger partial charge in [0.2, 0.25) is 10.7 Å². The normalized spacial score (nSPS) is 16.1. The van der Waals surface area contributed by atoms with Crippen molar-refractivity contribution in [3.8, 4) is 11.3 Å². The summed E-state index contributed by atoms with van der Waals surface area (Å²) in [7, 11) is 0. The Balaban J connectivity index is 2.22. The summed E-state index contributed by atoms with van der Waals surface area (Å²) < 4.78 is 1.39. The number of nitrogens with two attached hydrogens (primary N) is 1. The predicted molar refractivity (Wildman–Crippen MR) is 80.1 cm³/mol. The van der Waals surface area contributed by atoms with E-state index in [0.29, 0.717) is 4.80 Å². The molecular weight excluding hydrogens is 272 g/mol. The highest BCUT2D eigenvalue weighted by Crippen LogP contribution is 2.39. The number of hydrogen-bond acceptors (Lipinski definition) is 4. The van der Waals surface area contributed by atoms with Gasteiger partial charge in [0.15, 0.2) is 0 Å². The molecule has 2 heterocycles. The Bertz CT molecular complexity index is 785. The van der Waals surface area contributed by atoms with Crippen LogP contribution in [-0.4, -0.2) is 10.6 Å². The molecule has 1 aromatic carbocycles. The number of aromatic nitrogens is 1. The molecule has 0 fully saturated rings. The van der Waals surface area contributed by atoms with E-state index < -0.39 is 5.41 Å². The number of anilines is 1. The van der Waals surface area contributed by atoms with Gasteiger partial charge in [-0.25, -0.2) is 4.68 Å². The van der Waals surface area contributed by atoms with Gasteiger partial charge in [-0.05, 0) is 38.5 Å². The van der Waals surface area contributed by atoms with Crippen molar-refractivity contribution in [3.05, 3.63) is 33.4 Å². The molecule has 6 heteroatoms. The summed E-state index contributed by atoms with van der Waals surface area (Å²) in [5.41, 5.74) is 3.04. The van der Waals surface area contributed by atoms with Crippen molar-refractivity contribution < 1.29 is 4.79 Å². The van der Waals surface area contributed by atoms with E-state index in [1.54, 1.807) is 0 Å². The Morgan fingerprint density at radius 3 is 2.70 bits per heavy atom. The second-order valence-electron chi connectivity index (χ2n) is 5.52. The van der Waals surface area contributed by atoms with Crippen LogP contribution in [-0.2, 0) is 10.2 Å². The van der Waals surface area contributed by atoms with Crippen LogP contribution in [0.1, 0.15) is 24.3 Å². The number of carbonyl (C=O) groups is 1. The molecule has 1 aromatic heterocycles. The van der Waals surface area contributed by atoms with Crippen LogP contribution in [0.4, 0.5) is 5.69 Å². The average Bonchev–Trinajstić information content (AvgIpc) is 2.75. The van der Waals surface area contributed by atoms with Crippen molar-refractivity contribution in [3.63, 3.8) is 0 Å². The second-order valence-corrected chi connectivity index (χ2v) is 6.72. The summed E-state index contributed by atoms with van der Waals surface area (Å²) in [6.45, 7) is 5.76. The quantitative estimate of drug-likeness (QED) is 0.701. The van der Waals surface area contributed by atoms with Gasteiger partial charge in [-0.2, -0.15) is 0 Å². The first-order chi connectivity index (χ1) is 9.32. The molecule has 104 valence electrons. The van der Waals surface area contributed by atoms with Crippen LogP contribution < -0.4 is 16.0 Å². The van der Waals surface area contributed by atoms with Gasteiger partial charge < -0.3 is 11.2 Å². The Hall–Kier alpha value is -2.08. The molecule has 1 amide bonds. The minimum absolute atomic E-state index is 0.00787. The van der Waals surface area contributed by atoms with E-state index in [2.05, 4.69) is 5.32 Å². The lowest BCUT2D eigenvalue weighted by Crippen LogP contribution is -2.27. The van der Waals surface area contributed by atoms with Gasteiger partial charge in [-0.15, -0.1) is 11.3 Å². The molecule has 0 aliphatic carbocycles. The Morgan fingerprint density at radius 1 is 1.40 bits per heavy atom. The molecule has 0 unspecified atom stereocenters. The molecule has 1 aliphatic rings. The molecule has 0 bridgehead atoms. The molecule has 4 N–H and O–H groups in total. The van der Waals surface area contributed by atoms with E-state index in [0.717, 1.165) is 27.4 Å². The van der Waals surface area contributed by atoms with E-state index in [1.165, 1.54) is 16.0 Å². The molecular formula is C14H16N4OS. The number of rotatable bonds is 1. The number of carbonyl (C=O) groups excluding carboxylic acids is 1. The van der Waals surface area contributed by atoms with Crippen LogP contribution in [0.15, 0.2) is 18.2 Å². The van der Waals surface area contributed by atoms with Crippen molar-refractivity contribution in [2.75, 3.05) is 11.2 Å². The molecule has 0 radical (unpaired) electrons. The summed E-state index contributed by atoms with van der Waals surface area (Å²) >= 11 is 1.35. The summed E-state index contributed by atoms with van der Waals surface area (Å²) in [5, 5.41) is 10.7. The minimum atomic E-state index is -0.543. The van der Waals surface area contributed by atoms with Gasteiger partial charge in [0, 0.05) is 16.1 Å². The standard InChI is InChI=1S/C14H16N4OS/c1-7-11(18(16)13(15)20-7)8-4-5-10-9(6-8)14(2,3)12(19)17-10/h4-6,15H,16H2,1-3H3,(H,17,19). The number of nitrogens with zero attached hydrogens (tertiary/aromatic N) is 1. The number of nitrogens with one attached hydrogen (secondary N) is 2. The van der Waals surface area contributed by atoms with E-state index in [9.17, 15) is 4.79 Å². The van der Waals surface area contributed by atoms with Crippen molar-refractivity contribution in [1.29, 1.82) is 5.41 Å². The third-order valence-electron chi connectivity index (χ3n) is 3.83. The smallest absolute Gasteiger partial charge is 0.234 e. The number of benzene rings is 1.